The molecule has 6 heteroatoms. The Morgan fingerprint density at radius 3 is 2.64 bits per heavy atom. The lowest BCUT2D eigenvalue weighted by atomic mass is 10.1. The summed E-state index contributed by atoms with van der Waals surface area (Å²) < 4.78 is 0. The third-order valence-electron chi connectivity index (χ3n) is 1.67. The van der Waals surface area contributed by atoms with Gasteiger partial charge in [0.25, 0.3) is 0 Å². The number of aliphatic hydroxyl groups is 2. The Balaban J connectivity index is 3.60. The molecule has 0 aromatic heterocycles. The molecule has 82 valence electrons. The molecule has 0 fully saturated rings. The highest BCUT2D eigenvalue weighted by atomic mass is 16.3. The van der Waals surface area contributed by atoms with Crippen molar-refractivity contribution in [2.75, 3.05) is 13.1 Å². The Morgan fingerprint density at radius 2 is 2.14 bits per heavy atom. The fourth-order valence-electron chi connectivity index (χ4n) is 0.840. The second kappa shape index (κ2) is 7.43. The monoisotopic (exact) mass is 204 g/mol. The van der Waals surface area contributed by atoms with Crippen LogP contribution in [0.3, 0.4) is 0 Å². The molecule has 14 heavy (non-hydrogen) atoms. The number of nitrogens with two attached hydrogens (primary N) is 1. The molecule has 0 radical (unpaired) electrons. The number of nitrogens with one attached hydrogen (secondary N) is 1. The van der Waals surface area contributed by atoms with Crippen LogP contribution in [0, 0.1) is 0 Å². The Bertz CT molecular complexity index is 186. The van der Waals surface area contributed by atoms with E-state index in [4.69, 9.17) is 15.9 Å². The third kappa shape index (κ3) is 5.63. The normalized spacial score (nSPS) is 14.5. The molecule has 2 unspecified atom stereocenters. The number of rotatable bonds is 7. The van der Waals surface area contributed by atoms with E-state index in [1.165, 1.54) is 0 Å². The molecule has 6 nitrogen and oxygen atoms in total. The predicted molar refractivity (Wildman–Crippen MR) is 49.4 cm³/mol. The Kier molecular flexibility index (Phi) is 6.91. The lowest BCUT2D eigenvalue weighted by Gasteiger charge is -2.11. The minimum Gasteiger partial charge on any atom is -0.390 e. The quantitative estimate of drug-likeness (QED) is 0.350. The molecule has 0 aromatic rings. The molecule has 0 heterocycles. The van der Waals surface area contributed by atoms with Crippen molar-refractivity contribution in [3.05, 3.63) is 0 Å². The average molecular weight is 204 g/mol. The first kappa shape index (κ1) is 13.0. The number of carbonyl (C=O) groups excluding carboxylic acids is 2. The number of aldehydes is 1. The van der Waals surface area contributed by atoms with Crippen molar-refractivity contribution in [2.24, 2.45) is 5.73 Å². The fourth-order valence-corrected chi connectivity index (χ4v) is 0.840. The lowest BCUT2D eigenvalue weighted by Crippen LogP contribution is -2.32. The summed E-state index contributed by atoms with van der Waals surface area (Å²) in [5.74, 6) is -0.257. The molecule has 0 rings (SSSR count). The summed E-state index contributed by atoms with van der Waals surface area (Å²) in [5, 5.41) is 20.5. The molecule has 0 saturated heterocycles. The summed E-state index contributed by atoms with van der Waals surface area (Å²) in [6, 6.07) is 0. The highest BCUT2D eigenvalue weighted by molar-refractivity contribution is 5.75. The van der Waals surface area contributed by atoms with E-state index in [1.807, 2.05) is 0 Å². The largest absolute Gasteiger partial charge is 0.390 e. The van der Waals surface area contributed by atoms with Gasteiger partial charge >= 0.3 is 0 Å². The zero-order valence-electron chi connectivity index (χ0n) is 7.85. The van der Waals surface area contributed by atoms with Gasteiger partial charge in [-0.05, 0) is 6.42 Å². The Labute approximate surface area is 82.1 Å². The number of carbonyl (C=O) groups is 2. The van der Waals surface area contributed by atoms with Crippen LogP contribution in [-0.4, -0.2) is 47.7 Å². The van der Waals surface area contributed by atoms with Crippen LogP contribution in [0.25, 0.3) is 0 Å². The predicted octanol–water partition coefficient (Wildman–Crippen LogP) is -2.24. The maximum absolute atomic E-state index is 11.0. The zero-order chi connectivity index (χ0) is 11.0. The lowest BCUT2D eigenvalue weighted by molar-refractivity contribution is -0.124. The minimum atomic E-state index is -1.42. The van der Waals surface area contributed by atoms with Crippen LogP contribution in [0.5, 0.6) is 0 Å². The van der Waals surface area contributed by atoms with Gasteiger partial charge in [-0.2, -0.15) is 0 Å². The highest BCUT2D eigenvalue weighted by Crippen LogP contribution is 2.00. The van der Waals surface area contributed by atoms with Crippen molar-refractivity contribution >= 4 is 12.2 Å². The number of amides is 1. The molecule has 0 saturated carbocycles. The van der Waals surface area contributed by atoms with Gasteiger partial charge in [-0.15, -0.1) is 0 Å². The molecule has 5 N–H and O–H groups in total. The molecule has 0 aliphatic heterocycles. The minimum absolute atomic E-state index is 0.0519. The van der Waals surface area contributed by atoms with Crippen LogP contribution >= 0.6 is 0 Å². The molecular formula is C8H16N2O4. The summed E-state index contributed by atoms with van der Waals surface area (Å²) in [6.07, 6.45) is -2.25. The molecule has 0 aromatic carbocycles. The van der Waals surface area contributed by atoms with Crippen molar-refractivity contribution in [1.82, 2.24) is 5.32 Å². The van der Waals surface area contributed by atoms with Crippen LogP contribution in [0.4, 0.5) is 0 Å². The fraction of sp³-hybridized carbons (Fsp3) is 0.750. The second-order valence-corrected chi connectivity index (χ2v) is 2.87. The average Bonchev–Trinajstić information content (AvgIpc) is 2.21. The summed E-state index contributed by atoms with van der Waals surface area (Å²) in [5.41, 5.74) is 5.15. The summed E-state index contributed by atoms with van der Waals surface area (Å²) in [4.78, 5) is 21.0. The van der Waals surface area contributed by atoms with Crippen molar-refractivity contribution in [3.63, 3.8) is 0 Å². The summed E-state index contributed by atoms with van der Waals surface area (Å²) in [7, 11) is 0. The molecule has 0 aliphatic carbocycles. The van der Waals surface area contributed by atoms with Crippen molar-refractivity contribution in [3.8, 4) is 0 Å². The van der Waals surface area contributed by atoms with E-state index in [9.17, 15) is 9.59 Å². The van der Waals surface area contributed by atoms with Gasteiger partial charge < -0.3 is 26.1 Å². The van der Waals surface area contributed by atoms with Gasteiger partial charge in [0.05, 0.1) is 6.10 Å². The van der Waals surface area contributed by atoms with E-state index in [2.05, 4.69) is 5.32 Å². The SMILES string of the molecule is NCCNC(=O)CCC(O)C(O)C=O. The second-order valence-electron chi connectivity index (χ2n) is 2.87. The van der Waals surface area contributed by atoms with Gasteiger partial charge in [0.1, 0.15) is 6.10 Å². The van der Waals surface area contributed by atoms with Crippen molar-refractivity contribution in [1.29, 1.82) is 0 Å². The smallest absolute Gasteiger partial charge is 0.220 e. The molecule has 0 spiro atoms. The highest BCUT2D eigenvalue weighted by Gasteiger charge is 2.15. The first-order valence-corrected chi connectivity index (χ1v) is 4.40. The van der Waals surface area contributed by atoms with Gasteiger partial charge in [-0.3, -0.25) is 4.79 Å². The first-order chi connectivity index (χ1) is 6.61. The number of aliphatic hydroxyl groups excluding tert-OH is 2. The van der Waals surface area contributed by atoms with Gasteiger partial charge in [0.15, 0.2) is 6.29 Å². The Hall–Kier alpha value is -0.980. The van der Waals surface area contributed by atoms with Crippen LogP contribution in [-0.2, 0) is 9.59 Å². The van der Waals surface area contributed by atoms with Crippen LogP contribution in [0.2, 0.25) is 0 Å². The van der Waals surface area contributed by atoms with E-state index >= 15 is 0 Å². The van der Waals surface area contributed by atoms with Gasteiger partial charge in [-0.25, -0.2) is 0 Å². The first-order valence-electron chi connectivity index (χ1n) is 4.40. The number of hydrogen-bond acceptors (Lipinski definition) is 5. The van der Waals surface area contributed by atoms with E-state index in [1.54, 1.807) is 0 Å². The van der Waals surface area contributed by atoms with Crippen molar-refractivity contribution < 1.29 is 19.8 Å². The van der Waals surface area contributed by atoms with E-state index in [-0.39, 0.29) is 25.0 Å². The van der Waals surface area contributed by atoms with Gasteiger partial charge in [0, 0.05) is 19.5 Å². The molecule has 0 bridgehead atoms. The topological polar surface area (TPSA) is 113 Å². The number of hydrogen-bond donors (Lipinski definition) is 4. The molecule has 1 amide bonds. The maximum atomic E-state index is 11.0. The summed E-state index contributed by atoms with van der Waals surface area (Å²) >= 11 is 0. The Morgan fingerprint density at radius 1 is 1.50 bits per heavy atom. The van der Waals surface area contributed by atoms with E-state index in [0.717, 1.165) is 0 Å². The van der Waals surface area contributed by atoms with E-state index in [0.29, 0.717) is 13.1 Å². The van der Waals surface area contributed by atoms with Crippen molar-refractivity contribution in [2.45, 2.75) is 25.0 Å². The molecule has 2 atom stereocenters. The van der Waals surface area contributed by atoms with Gasteiger partial charge in [-0.1, -0.05) is 0 Å². The van der Waals surface area contributed by atoms with Crippen LogP contribution < -0.4 is 11.1 Å². The molecular weight excluding hydrogens is 188 g/mol. The maximum Gasteiger partial charge on any atom is 0.220 e. The van der Waals surface area contributed by atoms with Crippen LogP contribution in [0.1, 0.15) is 12.8 Å². The standard InChI is InChI=1S/C8H16N2O4/c9-3-4-10-8(14)2-1-6(12)7(13)5-11/h5-7,12-13H,1-4,9H2,(H,10,14). The summed E-state index contributed by atoms with van der Waals surface area (Å²) in [6.45, 7) is 0.733. The molecule has 0 aliphatic rings. The van der Waals surface area contributed by atoms with Crippen LogP contribution in [0.15, 0.2) is 0 Å². The third-order valence-corrected chi connectivity index (χ3v) is 1.67. The van der Waals surface area contributed by atoms with Gasteiger partial charge in [0.2, 0.25) is 5.91 Å². The van der Waals surface area contributed by atoms with E-state index < -0.39 is 12.2 Å². The zero-order valence-corrected chi connectivity index (χ0v) is 7.85.